The number of hydrogen-bond acceptors (Lipinski definition) is 8. The van der Waals surface area contributed by atoms with E-state index in [2.05, 4.69) is 10.3 Å². The maximum absolute atomic E-state index is 12.9. The fraction of sp³-hybridized carbons (Fsp3) is 0.333. The summed E-state index contributed by atoms with van der Waals surface area (Å²) >= 11 is 1.27. The standard InChI is InChI=1S/C24H27N3O6S2/c1-27(14-18-5-4-12-33-18)35(29,30)19-9-6-16(7-10-19)23(28)26-24-25-21(15-34-24)20-13-17(31-2)8-11-22(20)32-3/h6-11,13,15,18H,4-5,12,14H2,1-3H3,(H,25,26,28). The molecule has 35 heavy (non-hydrogen) atoms. The molecule has 2 heterocycles. The number of rotatable bonds is 9. The van der Waals surface area contributed by atoms with Crippen molar-refractivity contribution in [2.75, 3.05) is 39.7 Å². The first kappa shape index (κ1) is 25.1. The Morgan fingerprint density at radius 2 is 1.97 bits per heavy atom. The van der Waals surface area contributed by atoms with E-state index < -0.39 is 10.0 Å². The van der Waals surface area contributed by atoms with Crippen molar-refractivity contribution in [2.45, 2.75) is 23.8 Å². The van der Waals surface area contributed by atoms with Crippen molar-refractivity contribution in [3.8, 4) is 22.8 Å². The summed E-state index contributed by atoms with van der Waals surface area (Å²) in [6.45, 7) is 0.963. The average Bonchev–Trinajstić information content (AvgIpc) is 3.56. The van der Waals surface area contributed by atoms with Gasteiger partial charge in [0.25, 0.3) is 5.91 Å². The van der Waals surface area contributed by atoms with E-state index in [1.807, 2.05) is 11.4 Å². The first-order valence-corrected chi connectivity index (χ1v) is 13.3. The minimum Gasteiger partial charge on any atom is -0.497 e. The number of benzene rings is 2. The molecule has 0 saturated carbocycles. The van der Waals surface area contributed by atoms with Crippen LogP contribution in [0, 0.1) is 0 Å². The van der Waals surface area contributed by atoms with Gasteiger partial charge in [-0.25, -0.2) is 13.4 Å². The van der Waals surface area contributed by atoms with Gasteiger partial charge in [-0.1, -0.05) is 0 Å². The fourth-order valence-corrected chi connectivity index (χ4v) is 5.68. The van der Waals surface area contributed by atoms with Crippen LogP contribution in [-0.2, 0) is 14.8 Å². The molecule has 0 bridgehead atoms. The first-order valence-electron chi connectivity index (χ1n) is 11.0. The lowest BCUT2D eigenvalue weighted by molar-refractivity contribution is 0.0979. The number of ether oxygens (including phenoxy) is 3. The van der Waals surface area contributed by atoms with Gasteiger partial charge in [-0.15, -0.1) is 11.3 Å². The molecule has 1 unspecified atom stereocenters. The van der Waals surface area contributed by atoms with Crippen LogP contribution in [-0.4, -0.2) is 64.1 Å². The number of amides is 1. The Kier molecular flexibility index (Phi) is 7.70. The van der Waals surface area contributed by atoms with Gasteiger partial charge in [-0.3, -0.25) is 10.1 Å². The number of likely N-dealkylation sites (N-methyl/N-ethyl adjacent to an activating group) is 1. The van der Waals surface area contributed by atoms with E-state index in [1.54, 1.807) is 26.4 Å². The van der Waals surface area contributed by atoms with E-state index >= 15 is 0 Å². The van der Waals surface area contributed by atoms with Gasteiger partial charge < -0.3 is 14.2 Å². The van der Waals surface area contributed by atoms with Gasteiger partial charge >= 0.3 is 0 Å². The molecule has 1 aliphatic rings. The molecular weight excluding hydrogens is 490 g/mol. The van der Waals surface area contributed by atoms with Gasteiger partial charge in [-0.2, -0.15) is 4.31 Å². The van der Waals surface area contributed by atoms with Crippen molar-refractivity contribution in [1.82, 2.24) is 9.29 Å². The Balaban J connectivity index is 1.44. The lowest BCUT2D eigenvalue weighted by Gasteiger charge is -2.20. The molecule has 1 fully saturated rings. The van der Waals surface area contributed by atoms with Crippen LogP contribution in [0.5, 0.6) is 11.5 Å². The van der Waals surface area contributed by atoms with Crippen molar-refractivity contribution >= 4 is 32.4 Å². The number of carbonyl (C=O) groups is 1. The molecular formula is C24H27N3O6S2. The molecule has 1 aromatic heterocycles. The summed E-state index contributed by atoms with van der Waals surface area (Å²) in [5, 5.41) is 4.98. The number of sulfonamides is 1. The summed E-state index contributed by atoms with van der Waals surface area (Å²) in [5.41, 5.74) is 1.70. The van der Waals surface area contributed by atoms with Crippen LogP contribution >= 0.6 is 11.3 Å². The van der Waals surface area contributed by atoms with E-state index in [0.29, 0.717) is 41.0 Å². The average molecular weight is 518 g/mol. The number of anilines is 1. The quantitative estimate of drug-likeness (QED) is 0.459. The van der Waals surface area contributed by atoms with E-state index in [4.69, 9.17) is 14.2 Å². The molecule has 1 atom stereocenters. The molecule has 1 saturated heterocycles. The second-order valence-electron chi connectivity index (χ2n) is 8.00. The Morgan fingerprint density at radius 3 is 2.63 bits per heavy atom. The summed E-state index contributed by atoms with van der Waals surface area (Å²) in [7, 11) is 1.01. The number of thiazole rings is 1. The van der Waals surface area contributed by atoms with E-state index in [1.165, 1.54) is 47.0 Å². The van der Waals surface area contributed by atoms with Crippen LogP contribution < -0.4 is 14.8 Å². The van der Waals surface area contributed by atoms with Crippen LogP contribution in [0.3, 0.4) is 0 Å². The normalized spacial score (nSPS) is 15.8. The van der Waals surface area contributed by atoms with Crippen molar-refractivity contribution in [2.24, 2.45) is 0 Å². The molecule has 0 aliphatic carbocycles. The van der Waals surface area contributed by atoms with Crippen molar-refractivity contribution in [3.63, 3.8) is 0 Å². The fourth-order valence-electron chi connectivity index (χ4n) is 3.77. The topological polar surface area (TPSA) is 107 Å². The highest BCUT2D eigenvalue weighted by atomic mass is 32.2. The number of aromatic nitrogens is 1. The zero-order valence-electron chi connectivity index (χ0n) is 19.7. The zero-order valence-corrected chi connectivity index (χ0v) is 21.3. The molecule has 9 nitrogen and oxygen atoms in total. The summed E-state index contributed by atoms with van der Waals surface area (Å²) in [4.78, 5) is 17.4. The van der Waals surface area contributed by atoms with Crippen molar-refractivity contribution in [1.29, 1.82) is 0 Å². The van der Waals surface area contributed by atoms with Crippen molar-refractivity contribution in [3.05, 3.63) is 53.4 Å². The Bertz CT molecular complexity index is 1280. The predicted octanol–water partition coefficient (Wildman–Crippen LogP) is 3.88. The Hall–Kier alpha value is -2.99. The predicted molar refractivity (Wildman–Crippen MR) is 134 cm³/mol. The lowest BCUT2D eigenvalue weighted by atomic mass is 10.1. The van der Waals surface area contributed by atoms with Gasteiger partial charge in [-0.05, 0) is 55.3 Å². The second-order valence-corrected chi connectivity index (χ2v) is 10.9. The molecule has 186 valence electrons. The molecule has 1 aliphatic heterocycles. The lowest BCUT2D eigenvalue weighted by Crippen LogP contribution is -2.34. The van der Waals surface area contributed by atoms with Gasteiger partial charge in [0.15, 0.2) is 5.13 Å². The Morgan fingerprint density at radius 1 is 1.20 bits per heavy atom. The van der Waals surface area contributed by atoms with Crippen LogP contribution in [0.2, 0.25) is 0 Å². The first-order chi connectivity index (χ1) is 16.8. The third-order valence-corrected chi connectivity index (χ3v) is 8.31. The molecule has 2 aromatic carbocycles. The molecule has 11 heteroatoms. The SMILES string of the molecule is COc1ccc(OC)c(-c2csc(NC(=O)c3ccc(S(=O)(=O)N(C)CC4CCCO4)cc3)n2)c1. The maximum Gasteiger partial charge on any atom is 0.257 e. The minimum absolute atomic E-state index is 0.0834. The molecule has 0 spiro atoms. The van der Waals surface area contributed by atoms with Crippen LogP contribution in [0.25, 0.3) is 11.3 Å². The summed E-state index contributed by atoms with van der Waals surface area (Å²) in [6, 6.07) is 11.2. The third-order valence-electron chi connectivity index (χ3n) is 5.72. The van der Waals surface area contributed by atoms with Crippen LogP contribution in [0.4, 0.5) is 5.13 Å². The van der Waals surface area contributed by atoms with Gasteiger partial charge in [0.05, 0.1) is 30.9 Å². The largest absolute Gasteiger partial charge is 0.497 e. The number of nitrogens with zero attached hydrogens (tertiary/aromatic N) is 2. The van der Waals surface area contributed by atoms with Gasteiger partial charge in [0.1, 0.15) is 11.5 Å². The summed E-state index contributed by atoms with van der Waals surface area (Å²) < 4.78 is 43.3. The van der Waals surface area contributed by atoms with Crippen molar-refractivity contribution < 1.29 is 27.4 Å². The molecule has 0 radical (unpaired) electrons. The molecule has 3 aromatic rings. The summed E-state index contributed by atoms with van der Waals surface area (Å²) in [5.74, 6) is 0.909. The minimum atomic E-state index is -3.68. The molecule has 1 amide bonds. The monoisotopic (exact) mass is 517 g/mol. The van der Waals surface area contributed by atoms with E-state index in [-0.39, 0.29) is 16.9 Å². The number of nitrogens with one attached hydrogen (secondary N) is 1. The maximum atomic E-state index is 12.9. The molecule has 4 rings (SSSR count). The second kappa shape index (κ2) is 10.7. The van der Waals surface area contributed by atoms with Crippen LogP contribution in [0.15, 0.2) is 52.7 Å². The number of carbonyl (C=O) groups excluding carboxylic acids is 1. The number of methoxy groups -OCH3 is 2. The van der Waals surface area contributed by atoms with Crippen LogP contribution in [0.1, 0.15) is 23.2 Å². The zero-order chi connectivity index (χ0) is 25.0. The highest BCUT2D eigenvalue weighted by Gasteiger charge is 2.26. The summed E-state index contributed by atoms with van der Waals surface area (Å²) in [6.07, 6.45) is 1.71. The third kappa shape index (κ3) is 5.64. The highest BCUT2D eigenvalue weighted by molar-refractivity contribution is 7.89. The van der Waals surface area contributed by atoms with E-state index in [9.17, 15) is 13.2 Å². The van der Waals surface area contributed by atoms with Gasteiger partial charge in [0, 0.05) is 36.7 Å². The molecule has 1 N–H and O–H groups in total. The van der Waals surface area contributed by atoms with Gasteiger partial charge in [0.2, 0.25) is 10.0 Å². The smallest absolute Gasteiger partial charge is 0.257 e. The number of hydrogen-bond donors (Lipinski definition) is 1. The van der Waals surface area contributed by atoms with E-state index in [0.717, 1.165) is 18.4 Å². The Labute approximate surface area is 208 Å². The highest BCUT2D eigenvalue weighted by Crippen LogP contribution is 2.35.